The average molecular weight is 242 g/mol. The van der Waals surface area contributed by atoms with Gasteiger partial charge in [-0.1, -0.05) is 13.8 Å². The molecule has 0 bridgehead atoms. The summed E-state index contributed by atoms with van der Waals surface area (Å²) in [5, 5.41) is 4.21. The first-order valence-corrected chi connectivity index (χ1v) is 5.03. The summed E-state index contributed by atoms with van der Waals surface area (Å²) in [4.78, 5) is 4.14. The molecule has 4 heteroatoms. The van der Waals surface area contributed by atoms with Gasteiger partial charge in [0, 0.05) is 0 Å². The van der Waals surface area contributed by atoms with Gasteiger partial charge in [0.05, 0.1) is 11.9 Å². The van der Waals surface area contributed by atoms with Gasteiger partial charge < -0.3 is 0 Å². The van der Waals surface area contributed by atoms with Gasteiger partial charge in [0.1, 0.15) is 4.60 Å². The number of aryl methyl sites for hydroxylation is 1. The molecule has 2 heterocycles. The fourth-order valence-corrected chi connectivity index (χ4v) is 1.26. The van der Waals surface area contributed by atoms with Crippen LogP contribution in [0.25, 0.3) is 5.65 Å². The Kier molecular flexibility index (Phi) is 3.42. The minimum Gasteiger partial charge on any atom is -0.235 e. The maximum Gasteiger partial charge on any atom is 0.153 e. The van der Waals surface area contributed by atoms with E-state index in [1.807, 2.05) is 32.9 Å². The van der Waals surface area contributed by atoms with Gasteiger partial charge in [-0.15, -0.1) is 0 Å². The molecule has 0 radical (unpaired) electrons. The zero-order valence-electron chi connectivity index (χ0n) is 7.95. The lowest BCUT2D eigenvalue weighted by Gasteiger charge is -1.93. The van der Waals surface area contributed by atoms with Gasteiger partial charge >= 0.3 is 0 Å². The fraction of sp³-hybridized carbons (Fsp3) is 0.333. The molecule has 3 nitrogen and oxygen atoms in total. The van der Waals surface area contributed by atoms with Gasteiger partial charge in [-0.05, 0) is 35.0 Å². The molecule has 0 saturated heterocycles. The van der Waals surface area contributed by atoms with E-state index < -0.39 is 0 Å². The van der Waals surface area contributed by atoms with Crippen LogP contribution in [0.2, 0.25) is 0 Å². The predicted molar refractivity (Wildman–Crippen MR) is 56.8 cm³/mol. The summed E-state index contributed by atoms with van der Waals surface area (Å²) in [7, 11) is 0. The number of halogens is 1. The molecule has 0 aromatic carbocycles. The Balaban J connectivity index is 0.000000396. The van der Waals surface area contributed by atoms with Gasteiger partial charge in [0.15, 0.2) is 5.65 Å². The Morgan fingerprint density at radius 1 is 1.31 bits per heavy atom. The van der Waals surface area contributed by atoms with Crippen LogP contribution in [0, 0.1) is 6.92 Å². The minimum atomic E-state index is 0.825. The molecular formula is C9H12BrN3. The first-order valence-electron chi connectivity index (χ1n) is 4.24. The highest BCUT2D eigenvalue weighted by atomic mass is 79.9. The quantitative estimate of drug-likeness (QED) is 0.711. The molecule has 70 valence electrons. The average Bonchev–Trinajstić information content (AvgIpc) is 2.52. The van der Waals surface area contributed by atoms with E-state index in [4.69, 9.17) is 0 Å². The molecule has 0 aliphatic carbocycles. The van der Waals surface area contributed by atoms with Crippen LogP contribution in [0.1, 0.15) is 19.5 Å². The molecule has 13 heavy (non-hydrogen) atoms. The summed E-state index contributed by atoms with van der Waals surface area (Å²) in [6.45, 7) is 5.97. The molecule has 0 N–H and O–H groups in total. The largest absolute Gasteiger partial charge is 0.235 e. The van der Waals surface area contributed by atoms with Crippen molar-refractivity contribution >= 4 is 21.6 Å². The lowest BCUT2D eigenvalue weighted by molar-refractivity contribution is 0.883. The zero-order valence-corrected chi connectivity index (χ0v) is 9.54. The molecule has 2 aromatic rings. The second-order valence-electron chi connectivity index (χ2n) is 2.33. The second-order valence-corrected chi connectivity index (χ2v) is 3.14. The lowest BCUT2D eigenvalue weighted by Crippen LogP contribution is -1.92. The molecule has 2 rings (SSSR count). The third-order valence-corrected chi connectivity index (χ3v) is 1.92. The standard InChI is InChI=1S/C7H6BrN3.C2H6/c1-5-4-9-7-3-2-6(8)10-11(5)7;1-2/h2-4H,1H3;1-2H3. The van der Waals surface area contributed by atoms with E-state index in [1.165, 1.54) is 0 Å². The molecule has 0 unspecified atom stereocenters. The smallest absolute Gasteiger partial charge is 0.153 e. The maximum atomic E-state index is 4.21. The molecule has 0 fully saturated rings. The Bertz CT molecular complexity index is 395. The van der Waals surface area contributed by atoms with Crippen molar-refractivity contribution in [2.24, 2.45) is 0 Å². The van der Waals surface area contributed by atoms with Crippen LogP contribution < -0.4 is 0 Å². The third kappa shape index (κ3) is 2.06. The zero-order chi connectivity index (χ0) is 9.84. The fourth-order valence-electron chi connectivity index (χ4n) is 0.966. The maximum absolute atomic E-state index is 4.21. The molecule has 0 amide bonds. The van der Waals surface area contributed by atoms with Crippen LogP contribution in [-0.4, -0.2) is 14.6 Å². The van der Waals surface area contributed by atoms with Crippen LogP contribution in [0.5, 0.6) is 0 Å². The Labute approximate surface area is 85.9 Å². The summed E-state index contributed by atoms with van der Waals surface area (Å²) in [6.07, 6.45) is 1.80. The van der Waals surface area contributed by atoms with Crippen LogP contribution in [0.3, 0.4) is 0 Å². The Morgan fingerprint density at radius 3 is 2.69 bits per heavy atom. The van der Waals surface area contributed by atoms with Crippen molar-refractivity contribution in [3.8, 4) is 0 Å². The van der Waals surface area contributed by atoms with Gasteiger partial charge in [-0.25, -0.2) is 9.50 Å². The SMILES string of the molecule is CC.Cc1cnc2ccc(Br)nn12. The highest BCUT2D eigenvalue weighted by molar-refractivity contribution is 9.10. The highest BCUT2D eigenvalue weighted by Gasteiger charge is 1.98. The van der Waals surface area contributed by atoms with E-state index in [1.54, 1.807) is 10.7 Å². The Hall–Kier alpha value is -0.900. The molecule has 0 atom stereocenters. The number of hydrogen-bond donors (Lipinski definition) is 0. The first kappa shape index (κ1) is 10.2. The van der Waals surface area contributed by atoms with Gasteiger partial charge in [0.2, 0.25) is 0 Å². The number of aromatic nitrogens is 3. The van der Waals surface area contributed by atoms with Crippen LogP contribution in [0.15, 0.2) is 22.9 Å². The topological polar surface area (TPSA) is 30.2 Å². The highest BCUT2D eigenvalue weighted by Crippen LogP contribution is 2.08. The van der Waals surface area contributed by atoms with E-state index >= 15 is 0 Å². The van der Waals surface area contributed by atoms with E-state index in [-0.39, 0.29) is 0 Å². The molecular weight excluding hydrogens is 230 g/mol. The van der Waals surface area contributed by atoms with Crippen molar-refractivity contribution in [3.05, 3.63) is 28.6 Å². The van der Waals surface area contributed by atoms with Crippen molar-refractivity contribution in [2.45, 2.75) is 20.8 Å². The first-order chi connectivity index (χ1) is 6.27. The molecule has 0 aliphatic heterocycles. The van der Waals surface area contributed by atoms with Gasteiger partial charge in [-0.3, -0.25) is 0 Å². The van der Waals surface area contributed by atoms with Crippen molar-refractivity contribution in [3.63, 3.8) is 0 Å². The summed E-state index contributed by atoms with van der Waals surface area (Å²) < 4.78 is 2.62. The number of hydrogen-bond acceptors (Lipinski definition) is 2. The van der Waals surface area contributed by atoms with E-state index in [0.29, 0.717) is 0 Å². The second kappa shape index (κ2) is 4.37. The van der Waals surface area contributed by atoms with Gasteiger partial charge in [-0.2, -0.15) is 5.10 Å². The molecule has 0 spiro atoms. The number of rotatable bonds is 0. The third-order valence-electron chi connectivity index (χ3n) is 1.50. The van der Waals surface area contributed by atoms with E-state index in [2.05, 4.69) is 26.0 Å². The molecule has 0 saturated carbocycles. The number of imidazole rings is 1. The monoisotopic (exact) mass is 241 g/mol. The van der Waals surface area contributed by atoms with E-state index in [9.17, 15) is 0 Å². The summed E-state index contributed by atoms with van der Waals surface area (Å²) in [5.74, 6) is 0. The molecule has 0 aliphatic rings. The van der Waals surface area contributed by atoms with Crippen molar-refractivity contribution < 1.29 is 0 Å². The van der Waals surface area contributed by atoms with Gasteiger partial charge in [0.25, 0.3) is 0 Å². The van der Waals surface area contributed by atoms with Crippen molar-refractivity contribution in [1.82, 2.24) is 14.6 Å². The van der Waals surface area contributed by atoms with Crippen molar-refractivity contribution in [2.75, 3.05) is 0 Å². The van der Waals surface area contributed by atoms with Crippen LogP contribution >= 0.6 is 15.9 Å². The summed E-state index contributed by atoms with van der Waals surface area (Å²) in [6, 6.07) is 3.80. The van der Waals surface area contributed by atoms with Crippen LogP contribution in [-0.2, 0) is 0 Å². The molecule has 2 aromatic heterocycles. The number of fused-ring (bicyclic) bond motifs is 1. The Morgan fingerprint density at radius 2 is 2.00 bits per heavy atom. The minimum absolute atomic E-state index is 0.825. The normalized spacial score (nSPS) is 9.54. The van der Waals surface area contributed by atoms with E-state index in [0.717, 1.165) is 15.9 Å². The summed E-state index contributed by atoms with van der Waals surface area (Å²) >= 11 is 3.29. The lowest BCUT2D eigenvalue weighted by atomic mass is 10.5. The summed E-state index contributed by atoms with van der Waals surface area (Å²) in [5.41, 5.74) is 1.92. The van der Waals surface area contributed by atoms with Crippen molar-refractivity contribution in [1.29, 1.82) is 0 Å². The van der Waals surface area contributed by atoms with Crippen LogP contribution in [0.4, 0.5) is 0 Å². The predicted octanol–water partition coefficient (Wildman–Crippen LogP) is 2.83. The number of nitrogens with zero attached hydrogens (tertiary/aromatic N) is 3.